The van der Waals surface area contributed by atoms with Crippen molar-refractivity contribution < 1.29 is 0 Å². The topological polar surface area (TPSA) is 88.5 Å². The van der Waals surface area contributed by atoms with E-state index in [9.17, 15) is 4.79 Å². The first-order valence-electron chi connectivity index (χ1n) is 6.79. The number of anilines is 1. The summed E-state index contributed by atoms with van der Waals surface area (Å²) in [6.07, 6.45) is 0. The summed E-state index contributed by atoms with van der Waals surface area (Å²) in [5.41, 5.74) is 8.09. The van der Waals surface area contributed by atoms with E-state index < -0.39 is 0 Å². The Morgan fingerprint density at radius 2 is 1.68 bits per heavy atom. The van der Waals surface area contributed by atoms with Crippen molar-refractivity contribution in [3.8, 4) is 5.69 Å². The standard InChI is InChI=1S/C16H15N5O/c1-11-7-9-12(10-8-11)18-19-14-15(17)20-21(16(14)22)13-5-3-2-4-6-13/h2-10,20H,17H2,1H3. The number of benzene rings is 2. The van der Waals surface area contributed by atoms with Gasteiger partial charge in [-0.1, -0.05) is 35.9 Å². The number of nitrogens with two attached hydrogens (primary N) is 1. The van der Waals surface area contributed by atoms with E-state index >= 15 is 0 Å². The van der Waals surface area contributed by atoms with E-state index in [4.69, 9.17) is 5.73 Å². The van der Waals surface area contributed by atoms with Gasteiger partial charge < -0.3 is 5.73 Å². The van der Waals surface area contributed by atoms with Crippen molar-refractivity contribution in [2.45, 2.75) is 6.92 Å². The van der Waals surface area contributed by atoms with E-state index in [0.29, 0.717) is 11.4 Å². The second kappa shape index (κ2) is 5.69. The average molecular weight is 293 g/mol. The van der Waals surface area contributed by atoms with E-state index in [1.807, 2.05) is 49.4 Å². The van der Waals surface area contributed by atoms with Gasteiger partial charge in [0.15, 0.2) is 5.69 Å². The largest absolute Gasteiger partial charge is 0.382 e. The molecule has 0 aliphatic heterocycles. The van der Waals surface area contributed by atoms with Gasteiger partial charge in [-0.3, -0.25) is 9.89 Å². The van der Waals surface area contributed by atoms with Crippen LogP contribution in [0, 0.1) is 6.92 Å². The van der Waals surface area contributed by atoms with Gasteiger partial charge in [-0.15, -0.1) is 5.11 Å². The highest BCUT2D eigenvalue weighted by atomic mass is 16.1. The molecule has 0 spiro atoms. The molecule has 1 heterocycles. The summed E-state index contributed by atoms with van der Waals surface area (Å²) in [4.78, 5) is 12.4. The van der Waals surface area contributed by atoms with Crippen LogP contribution in [0.25, 0.3) is 5.69 Å². The fourth-order valence-electron chi connectivity index (χ4n) is 2.02. The Balaban J connectivity index is 1.97. The molecule has 0 bridgehead atoms. The van der Waals surface area contributed by atoms with Crippen molar-refractivity contribution in [3.05, 3.63) is 70.5 Å². The first-order chi connectivity index (χ1) is 10.6. The van der Waals surface area contributed by atoms with Crippen molar-refractivity contribution >= 4 is 17.2 Å². The first-order valence-corrected chi connectivity index (χ1v) is 6.79. The zero-order valence-corrected chi connectivity index (χ0v) is 12.0. The Bertz CT molecular complexity index is 860. The summed E-state index contributed by atoms with van der Waals surface area (Å²) in [5, 5.41) is 10.8. The molecule has 6 heteroatoms. The van der Waals surface area contributed by atoms with E-state index in [1.54, 1.807) is 12.1 Å². The molecule has 0 amide bonds. The van der Waals surface area contributed by atoms with E-state index in [2.05, 4.69) is 15.3 Å². The van der Waals surface area contributed by atoms with Crippen LogP contribution in [0.4, 0.5) is 17.2 Å². The van der Waals surface area contributed by atoms with Crippen LogP contribution in [-0.2, 0) is 0 Å². The molecular weight excluding hydrogens is 278 g/mol. The molecule has 22 heavy (non-hydrogen) atoms. The number of para-hydroxylation sites is 1. The molecule has 0 unspecified atom stereocenters. The van der Waals surface area contributed by atoms with Crippen LogP contribution in [0.3, 0.4) is 0 Å². The lowest BCUT2D eigenvalue weighted by Gasteiger charge is -1.98. The van der Waals surface area contributed by atoms with E-state index in [-0.39, 0.29) is 17.1 Å². The van der Waals surface area contributed by atoms with E-state index in [1.165, 1.54) is 4.68 Å². The summed E-state index contributed by atoms with van der Waals surface area (Å²) in [6, 6.07) is 16.7. The number of nitrogens with one attached hydrogen (secondary N) is 1. The lowest BCUT2D eigenvalue weighted by molar-refractivity contribution is 0.853. The molecule has 0 radical (unpaired) electrons. The second-order valence-electron chi connectivity index (χ2n) is 4.89. The Morgan fingerprint density at radius 1 is 1.00 bits per heavy atom. The number of hydrogen-bond donors (Lipinski definition) is 2. The molecule has 0 saturated carbocycles. The number of nitrogen functional groups attached to an aromatic ring is 1. The number of aromatic amines is 1. The van der Waals surface area contributed by atoms with Crippen molar-refractivity contribution in [3.63, 3.8) is 0 Å². The van der Waals surface area contributed by atoms with Crippen molar-refractivity contribution in [2.24, 2.45) is 10.2 Å². The van der Waals surface area contributed by atoms with Gasteiger partial charge in [0.1, 0.15) is 5.82 Å². The first kappa shape index (κ1) is 13.8. The van der Waals surface area contributed by atoms with Crippen molar-refractivity contribution in [2.75, 3.05) is 5.73 Å². The molecule has 6 nitrogen and oxygen atoms in total. The van der Waals surface area contributed by atoms with Gasteiger partial charge in [-0.05, 0) is 31.2 Å². The van der Waals surface area contributed by atoms with Crippen LogP contribution < -0.4 is 11.3 Å². The average Bonchev–Trinajstić information content (AvgIpc) is 2.82. The molecule has 0 fully saturated rings. The normalized spacial score (nSPS) is 11.1. The molecule has 2 aromatic carbocycles. The maximum absolute atomic E-state index is 12.4. The Kier molecular flexibility index (Phi) is 3.57. The zero-order chi connectivity index (χ0) is 15.5. The van der Waals surface area contributed by atoms with Crippen LogP contribution in [-0.4, -0.2) is 9.78 Å². The third-order valence-electron chi connectivity index (χ3n) is 3.21. The zero-order valence-electron chi connectivity index (χ0n) is 12.0. The summed E-state index contributed by atoms with van der Waals surface area (Å²) in [5.74, 6) is 0.185. The smallest absolute Gasteiger partial charge is 0.301 e. The summed E-state index contributed by atoms with van der Waals surface area (Å²) in [7, 11) is 0. The monoisotopic (exact) mass is 293 g/mol. The molecule has 0 aliphatic carbocycles. The lowest BCUT2D eigenvalue weighted by Crippen LogP contribution is -2.13. The fraction of sp³-hybridized carbons (Fsp3) is 0.0625. The molecule has 1 aromatic heterocycles. The number of hydrogen-bond acceptors (Lipinski definition) is 4. The van der Waals surface area contributed by atoms with Gasteiger partial charge in [0.25, 0.3) is 0 Å². The number of H-pyrrole nitrogens is 1. The second-order valence-corrected chi connectivity index (χ2v) is 4.89. The number of rotatable bonds is 3. The highest BCUT2D eigenvalue weighted by Gasteiger charge is 2.12. The predicted molar refractivity (Wildman–Crippen MR) is 86.2 cm³/mol. The van der Waals surface area contributed by atoms with Gasteiger partial charge in [-0.2, -0.15) is 5.11 Å². The maximum Gasteiger partial charge on any atom is 0.301 e. The third kappa shape index (κ3) is 2.67. The van der Waals surface area contributed by atoms with Crippen LogP contribution in [0.5, 0.6) is 0 Å². The van der Waals surface area contributed by atoms with Crippen LogP contribution in [0.1, 0.15) is 5.56 Å². The number of nitrogens with zero attached hydrogens (tertiary/aromatic N) is 3. The quantitative estimate of drug-likeness (QED) is 0.724. The highest BCUT2D eigenvalue weighted by Crippen LogP contribution is 2.20. The number of aromatic nitrogens is 2. The minimum Gasteiger partial charge on any atom is -0.382 e. The van der Waals surface area contributed by atoms with Gasteiger partial charge in [0, 0.05) is 0 Å². The third-order valence-corrected chi connectivity index (χ3v) is 3.21. The molecule has 3 N–H and O–H groups in total. The van der Waals surface area contributed by atoms with Gasteiger partial charge in [-0.25, -0.2) is 4.68 Å². The van der Waals surface area contributed by atoms with Crippen molar-refractivity contribution in [1.82, 2.24) is 9.78 Å². The molecular formula is C16H15N5O. The summed E-state index contributed by atoms with van der Waals surface area (Å²) < 4.78 is 1.35. The molecule has 3 aromatic rings. The summed E-state index contributed by atoms with van der Waals surface area (Å²) >= 11 is 0. The van der Waals surface area contributed by atoms with Gasteiger partial charge >= 0.3 is 5.56 Å². The van der Waals surface area contributed by atoms with Gasteiger partial charge in [0.2, 0.25) is 0 Å². The van der Waals surface area contributed by atoms with Crippen molar-refractivity contribution in [1.29, 1.82) is 0 Å². The SMILES string of the molecule is Cc1ccc(N=Nc2c(N)[nH]n(-c3ccccc3)c2=O)cc1. The number of aryl methyl sites for hydroxylation is 1. The predicted octanol–water partition coefficient (Wildman–Crippen LogP) is 3.47. The Labute approximate surface area is 126 Å². The van der Waals surface area contributed by atoms with Crippen LogP contribution in [0.15, 0.2) is 69.6 Å². The Morgan fingerprint density at radius 3 is 2.36 bits per heavy atom. The summed E-state index contributed by atoms with van der Waals surface area (Å²) in [6.45, 7) is 1.99. The maximum atomic E-state index is 12.4. The molecule has 0 aliphatic rings. The minimum atomic E-state index is -0.334. The molecule has 0 saturated heterocycles. The molecule has 3 rings (SSSR count). The highest BCUT2D eigenvalue weighted by molar-refractivity contribution is 5.57. The van der Waals surface area contributed by atoms with Crippen LogP contribution in [0.2, 0.25) is 0 Å². The van der Waals surface area contributed by atoms with Crippen LogP contribution >= 0.6 is 0 Å². The van der Waals surface area contributed by atoms with E-state index in [0.717, 1.165) is 5.56 Å². The lowest BCUT2D eigenvalue weighted by atomic mass is 10.2. The molecule has 110 valence electrons. The van der Waals surface area contributed by atoms with Gasteiger partial charge in [0.05, 0.1) is 11.4 Å². The minimum absolute atomic E-state index is 0.101. The Hall–Kier alpha value is -3.15. The fourth-order valence-corrected chi connectivity index (χ4v) is 2.02. The molecule has 0 atom stereocenters. The number of azo groups is 1.